The van der Waals surface area contributed by atoms with Gasteiger partial charge in [0.25, 0.3) is 0 Å². The Bertz CT molecular complexity index is 857. The average Bonchev–Trinajstić information content (AvgIpc) is 2.97. The topological polar surface area (TPSA) is 92.3 Å². The number of nitrogens with zero attached hydrogens (tertiary/aromatic N) is 3. The minimum absolute atomic E-state index is 0.169. The van der Waals surface area contributed by atoms with Crippen molar-refractivity contribution in [2.45, 2.75) is 24.1 Å². The van der Waals surface area contributed by atoms with E-state index in [4.69, 9.17) is 11.6 Å². The molecule has 1 aromatic carbocycles. The molecule has 0 saturated carbocycles. The van der Waals surface area contributed by atoms with Gasteiger partial charge in [-0.1, -0.05) is 47.7 Å². The summed E-state index contributed by atoms with van der Waals surface area (Å²) in [5.41, 5.74) is 0.478. The fourth-order valence-electron chi connectivity index (χ4n) is 2.12. The molecule has 0 fully saturated rings. The zero-order valence-electron chi connectivity index (χ0n) is 14.3. The summed E-state index contributed by atoms with van der Waals surface area (Å²) in [6.45, 7) is 2.19. The number of sulfonamides is 1. The molecule has 0 aliphatic heterocycles. The largest absolute Gasteiger partial charge is 0.301 e. The number of anilines is 2. The molecule has 0 aliphatic rings. The minimum atomic E-state index is -3.47. The number of hydrogen-bond donors (Lipinski definition) is 1. The van der Waals surface area contributed by atoms with Gasteiger partial charge in [0.2, 0.25) is 21.1 Å². The fourth-order valence-corrected chi connectivity index (χ4v) is 4.93. The Labute approximate surface area is 166 Å². The van der Waals surface area contributed by atoms with Crippen molar-refractivity contribution in [2.24, 2.45) is 0 Å². The van der Waals surface area contributed by atoms with Gasteiger partial charge in [0, 0.05) is 18.0 Å². The Morgan fingerprint density at radius 1 is 1.38 bits per heavy atom. The highest BCUT2D eigenvalue weighted by atomic mass is 35.5. The molecule has 26 heavy (non-hydrogen) atoms. The Morgan fingerprint density at radius 3 is 2.81 bits per heavy atom. The summed E-state index contributed by atoms with van der Waals surface area (Å²) in [5.74, 6) is 0.654. The van der Waals surface area contributed by atoms with Gasteiger partial charge in [0.15, 0.2) is 4.34 Å². The Kier molecular flexibility index (Phi) is 7.69. The quantitative estimate of drug-likeness (QED) is 0.479. The number of thioether (sulfide) groups is 1. The van der Waals surface area contributed by atoms with E-state index in [1.54, 1.807) is 36.0 Å². The molecular weight excluding hydrogens is 416 g/mol. The Hall–Kier alpha value is -1.36. The summed E-state index contributed by atoms with van der Waals surface area (Å²) in [7, 11) is -3.47. The van der Waals surface area contributed by atoms with Crippen LogP contribution in [0, 0.1) is 0 Å². The number of rotatable bonds is 9. The molecule has 1 aromatic heterocycles. The van der Waals surface area contributed by atoms with Crippen LogP contribution in [-0.4, -0.2) is 43.1 Å². The number of carbonyl (C=O) groups is 1. The predicted octanol–water partition coefficient (Wildman–Crippen LogP) is 3.49. The van der Waals surface area contributed by atoms with Crippen molar-refractivity contribution < 1.29 is 13.2 Å². The molecule has 1 amide bonds. The summed E-state index contributed by atoms with van der Waals surface area (Å²) < 4.78 is 26.1. The van der Waals surface area contributed by atoms with Crippen LogP contribution in [0.5, 0.6) is 0 Å². The van der Waals surface area contributed by atoms with Gasteiger partial charge in [0.05, 0.1) is 11.9 Å². The van der Waals surface area contributed by atoms with Crippen LogP contribution in [-0.2, 0) is 14.8 Å². The zero-order chi connectivity index (χ0) is 19.2. The number of benzene rings is 1. The van der Waals surface area contributed by atoms with Crippen molar-refractivity contribution in [3.63, 3.8) is 0 Å². The molecule has 0 unspecified atom stereocenters. The second-order valence-corrected chi connectivity index (χ2v) is 10.1. The number of amides is 1. The molecular formula is C15H19ClN4O3S3. The molecule has 1 heterocycles. The SMILES string of the molecule is CCSc1nnc(NC(=O)CCCN(c2cccc(Cl)c2)S(C)(=O)=O)s1. The van der Waals surface area contributed by atoms with E-state index in [9.17, 15) is 13.2 Å². The highest BCUT2D eigenvalue weighted by Gasteiger charge is 2.18. The van der Waals surface area contributed by atoms with E-state index < -0.39 is 10.0 Å². The lowest BCUT2D eigenvalue weighted by Crippen LogP contribution is -2.31. The summed E-state index contributed by atoms with van der Waals surface area (Å²) in [5, 5.41) is 11.5. The third kappa shape index (κ3) is 6.42. The standard InChI is InChI=1S/C15H19ClN4O3S3/c1-3-24-15-19-18-14(25-15)17-13(21)8-5-9-20(26(2,22)23)12-7-4-6-11(16)10-12/h4,6-7,10H,3,5,8-9H2,1-2H3,(H,17,18,21). The Balaban J connectivity index is 1.91. The van der Waals surface area contributed by atoms with Gasteiger partial charge >= 0.3 is 0 Å². The number of halogens is 1. The van der Waals surface area contributed by atoms with E-state index in [1.807, 2.05) is 6.92 Å². The zero-order valence-corrected chi connectivity index (χ0v) is 17.5. The summed E-state index contributed by atoms with van der Waals surface area (Å²) >= 11 is 8.81. The first-order valence-corrected chi connectivity index (χ1v) is 11.8. The normalized spacial score (nSPS) is 11.3. The van der Waals surface area contributed by atoms with Crippen molar-refractivity contribution in [1.29, 1.82) is 0 Å². The van der Waals surface area contributed by atoms with Crippen molar-refractivity contribution >= 4 is 61.4 Å². The van der Waals surface area contributed by atoms with E-state index >= 15 is 0 Å². The second-order valence-electron chi connectivity index (χ2n) is 5.27. The molecule has 2 aromatic rings. The number of aromatic nitrogens is 2. The first kappa shape index (κ1) is 20.9. The molecule has 2 rings (SSSR count). The molecule has 11 heteroatoms. The van der Waals surface area contributed by atoms with E-state index in [0.29, 0.717) is 22.3 Å². The minimum Gasteiger partial charge on any atom is -0.301 e. The van der Waals surface area contributed by atoms with Crippen LogP contribution in [0.1, 0.15) is 19.8 Å². The maximum absolute atomic E-state index is 12.0. The molecule has 0 saturated heterocycles. The smallest absolute Gasteiger partial charge is 0.232 e. The third-order valence-electron chi connectivity index (χ3n) is 3.18. The third-order valence-corrected chi connectivity index (χ3v) is 6.47. The van der Waals surface area contributed by atoms with Crippen molar-refractivity contribution in [2.75, 3.05) is 28.2 Å². The summed E-state index contributed by atoms with van der Waals surface area (Å²) in [4.78, 5) is 12.0. The van der Waals surface area contributed by atoms with Crippen LogP contribution in [0.3, 0.4) is 0 Å². The highest BCUT2D eigenvalue weighted by molar-refractivity contribution is 8.01. The van der Waals surface area contributed by atoms with Crippen LogP contribution in [0.15, 0.2) is 28.6 Å². The van der Waals surface area contributed by atoms with Gasteiger partial charge in [-0.2, -0.15) is 0 Å². The maximum Gasteiger partial charge on any atom is 0.232 e. The first-order valence-electron chi connectivity index (χ1n) is 7.79. The van der Waals surface area contributed by atoms with Gasteiger partial charge < -0.3 is 5.32 Å². The molecule has 0 spiro atoms. The van der Waals surface area contributed by atoms with Crippen LogP contribution in [0.25, 0.3) is 0 Å². The molecule has 0 atom stereocenters. The first-order chi connectivity index (χ1) is 12.3. The van der Waals surface area contributed by atoms with Gasteiger partial charge in [-0.25, -0.2) is 8.42 Å². The van der Waals surface area contributed by atoms with E-state index in [1.165, 1.54) is 15.6 Å². The van der Waals surface area contributed by atoms with Crippen LogP contribution in [0.2, 0.25) is 5.02 Å². The number of nitrogens with one attached hydrogen (secondary N) is 1. The van der Waals surface area contributed by atoms with Crippen molar-refractivity contribution in [1.82, 2.24) is 10.2 Å². The number of carbonyl (C=O) groups excluding carboxylic acids is 1. The lowest BCUT2D eigenvalue weighted by Gasteiger charge is -2.22. The van der Waals surface area contributed by atoms with E-state index in [0.717, 1.165) is 16.3 Å². The molecule has 1 N–H and O–H groups in total. The summed E-state index contributed by atoms with van der Waals surface area (Å²) in [6, 6.07) is 6.61. The van der Waals surface area contributed by atoms with E-state index in [-0.39, 0.29) is 18.9 Å². The van der Waals surface area contributed by atoms with Crippen LogP contribution in [0.4, 0.5) is 10.8 Å². The molecule has 7 nitrogen and oxygen atoms in total. The highest BCUT2D eigenvalue weighted by Crippen LogP contribution is 2.25. The predicted molar refractivity (Wildman–Crippen MR) is 108 cm³/mol. The molecule has 142 valence electrons. The second kappa shape index (κ2) is 9.54. The van der Waals surface area contributed by atoms with Crippen LogP contribution >= 0.6 is 34.7 Å². The fraction of sp³-hybridized carbons (Fsp3) is 0.400. The summed E-state index contributed by atoms with van der Waals surface area (Å²) in [6.07, 6.45) is 1.66. The molecule has 0 radical (unpaired) electrons. The molecule has 0 aliphatic carbocycles. The average molecular weight is 435 g/mol. The van der Waals surface area contributed by atoms with Gasteiger partial charge in [-0.05, 0) is 30.4 Å². The van der Waals surface area contributed by atoms with Crippen molar-refractivity contribution in [3.05, 3.63) is 29.3 Å². The van der Waals surface area contributed by atoms with E-state index in [2.05, 4.69) is 15.5 Å². The lowest BCUT2D eigenvalue weighted by atomic mass is 10.2. The van der Waals surface area contributed by atoms with Crippen LogP contribution < -0.4 is 9.62 Å². The lowest BCUT2D eigenvalue weighted by molar-refractivity contribution is -0.116. The maximum atomic E-state index is 12.0. The van der Waals surface area contributed by atoms with Gasteiger partial charge in [-0.3, -0.25) is 9.10 Å². The van der Waals surface area contributed by atoms with Gasteiger partial charge in [0.1, 0.15) is 0 Å². The molecule has 0 bridgehead atoms. The Morgan fingerprint density at radius 2 is 2.15 bits per heavy atom. The van der Waals surface area contributed by atoms with Crippen molar-refractivity contribution in [3.8, 4) is 0 Å². The monoisotopic (exact) mass is 434 g/mol. The van der Waals surface area contributed by atoms with Gasteiger partial charge in [-0.15, -0.1) is 10.2 Å². The number of hydrogen-bond acceptors (Lipinski definition) is 7.